The third-order valence-electron chi connectivity index (χ3n) is 2.54. The predicted molar refractivity (Wildman–Crippen MR) is 66.1 cm³/mol. The van der Waals surface area contributed by atoms with Crippen LogP contribution in [0.5, 0.6) is 11.6 Å². The summed E-state index contributed by atoms with van der Waals surface area (Å²) in [4.78, 5) is 4.15. The summed E-state index contributed by atoms with van der Waals surface area (Å²) in [5.74, 6) is 0.0203. The van der Waals surface area contributed by atoms with Crippen molar-refractivity contribution in [1.82, 2.24) is 4.98 Å². The number of halogens is 1. The van der Waals surface area contributed by atoms with E-state index in [4.69, 9.17) is 9.84 Å². The van der Waals surface area contributed by atoms with Crippen LogP contribution in [0.15, 0.2) is 30.3 Å². The van der Waals surface area contributed by atoms with Gasteiger partial charge >= 0.3 is 0 Å². The highest BCUT2D eigenvalue weighted by atomic mass is 19.1. The molecule has 0 fully saturated rings. The van der Waals surface area contributed by atoms with E-state index in [9.17, 15) is 4.39 Å². The first-order chi connectivity index (χ1) is 8.60. The SMILES string of the molecule is Cc1cc(CO)cc(Oc2cccc(C)c2F)n1. The molecule has 0 amide bonds. The topological polar surface area (TPSA) is 42.4 Å². The number of rotatable bonds is 3. The Morgan fingerprint density at radius 2 is 2.06 bits per heavy atom. The number of ether oxygens (including phenoxy) is 1. The summed E-state index contributed by atoms with van der Waals surface area (Å²) in [5, 5.41) is 9.09. The molecule has 2 aromatic rings. The first kappa shape index (κ1) is 12.5. The molecule has 0 radical (unpaired) electrons. The minimum atomic E-state index is -0.397. The minimum absolute atomic E-state index is 0.101. The normalized spacial score (nSPS) is 10.4. The van der Waals surface area contributed by atoms with Crippen LogP contribution in [0.3, 0.4) is 0 Å². The van der Waals surface area contributed by atoms with Crippen LogP contribution in [0.1, 0.15) is 16.8 Å². The number of benzene rings is 1. The summed E-state index contributed by atoms with van der Waals surface area (Å²) in [7, 11) is 0. The molecule has 0 aliphatic heterocycles. The van der Waals surface area contributed by atoms with Crippen LogP contribution in [0, 0.1) is 19.7 Å². The van der Waals surface area contributed by atoms with Crippen LogP contribution in [0.4, 0.5) is 4.39 Å². The van der Waals surface area contributed by atoms with E-state index in [1.807, 2.05) is 0 Å². The number of aryl methyl sites for hydroxylation is 2. The second-order valence-corrected chi connectivity index (χ2v) is 4.10. The predicted octanol–water partition coefficient (Wildman–Crippen LogP) is 3.12. The molecule has 0 saturated heterocycles. The molecule has 1 heterocycles. The number of aromatic nitrogens is 1. The van der Waals surface area contributed by atoms with E-state index in [0.717, 1.165) is 0 Å². The van der Waals surface area contributed by atoms with Gasteiger partial charge in [0.1, 0.15) is 0 Å². The highest BCUT2D eigenvalue weighted by Crippen LogP contribution is 2.25. The lowest BCUT2D eigenvalue weighted by molar-refractivity contribution is 0.280. The van der Waals surface area contributed by atoms with E-state index >= 15 is 0 Å². The maximum atomic E-state index is 13.8. The van der Waals surface area contributed by atoms with Crippen molar-refractivity contribution in [2.75, 3.05) is 0 Å². The Morgan fingerprint density at radius 1 is 1.28 bits per heavy atom. The van der Waals surface area contributed by atoms with Gasteiger partial charge in [0.25, 0.3) is 0 Å². The van der Waals surface area contributed by atoms with Crippen LogP contribution in [0.2, 0.25) is 0 Å². The fourth-order valence-electron chi connectivity index (χ4n) is 1.66. The Kier molecular flexibility index (Phi) is 3.58. The number of nitrogens with zero attached hydrogens (tertiary/aromatic N) is 1. The first-order valence-corrected chi connectivity index (χ1v) is 5.61. The standard InChI is InChI=1S/C14H14FNO2/c1-9-4-3-5-12(14(9)15)18-13-7-11(8-17)6-10(2)16-13/h3-7,17H,8H2,1-2H3. The summed E-state index contributed by atoms with van der Waals surface area (Å²) in [6.45, 7) is 3.36. The van der Waals surface area contributed by atoms with Gasteiger partial charge in [-0.3, -0.25) is 0 Å². The van der Waals surface area contributed by atoms with Crippen molar-refractivity contribution >= 4 is 0 Å². The molecule has 1 N–H and O–H groups in total. The molecular weight excluding hydrogens is 233 g/mol. The second kappa shape index (κ2) is 5.14. The average Bonchev–Trinajstić information content (AvgIpc) is 2.34. The number of aliphatic hydroxyl groups excluding tert-OH is 1. The molecule has 0 bridgehead atoms. The van der Waals surface area contributed by atoms with Gasteiger partial charge in [0.05, 0.1) is 6.61 Å². The lowest BCUT2D eigenvalue weighted by Gasteiger charge is -2.09. The van der Waals surface area contributed by atoms with E-state index in [1.54, 1.807) is 44.2 Å². The van der Waals surface area contributed by atoms with Crippen molar-refractivity contribution in [3.05, 3.63) is 53.0 Å². The number of aliphatic hydroxyl groups is 1. The first-order valence-electron chi connectivity index (χ1n) is 5.61. The van der Waals surface area contributed by atoms with E-state index in [-0.39, 0.29) is 18.2 Å². The van der Waals surface area contributed by atoms with Crippen LogP contribution in [-0.2, 0) is 6.61 Å². The molecule has 0 atom stereocenters. The third-order valence-corrected chi connectivity index (χ3v) is 2.54. The van der Waals surface area contributed by atoms with Gasteiger partial charge in [-0.1, -0.05) is 12.1 Å². The highest BCUT2D eigenvalue weighted by Gasteiger charge is 2.08. The maximum absolute atomic E-state index is 13.8. The van der Waals surface area contributed by atoms with Gasteiger partial charge in [0.15, 0.2) is 11.6 Å². The van der Waals surface area contributed by atoms with Gasteiger partial charge in [-0.15, -0.1) is 0 Å². The Balaban J connectivity index is 2.34. The highest BCUT2D eigenvalue weighted by molar-refractivity contribution is 5.34. The van der Waals surface area contributed by atoms with Crippen molar-refractivity contribution in [2.24, 2.45) is 0 Å². The number of pyridine rings is 1. The summed E-state index contributed by atoms with van der Waals surface area (Å²) >= 11 is 0. The quantitative estimate of drug-likeness (QED) is 0.906. The van der Waals surface area contributed by atoms with Gasteiger partial charge in [0, 0.05) is 11.8 Å². The van der Waals surface area contributed by atoms with Crippen LogP contribution in [0.25, 0.3) is 0 Å². The van der Waals surface area contributed by atoms with Gasteiger partial charge in [-0.05, 0) is 37.1 Å². The van der Waals surface area contributed by atoms with Gasteiger partial charge < -0.3 is 9.84 Å². The van der Waals surface area contributed by atoms with E-state index in [0.29, 0.717) is 16.8 Å². The smallest absolute Gasteiger partial charge is 0.219 e. The third kappa shape index (κ3) is 2.65. The summed E-state index contributed by atoms with van der Waals surface area (Å²) in [6.07, 6.45) is 0. The van der Waals surface area contributed by atoms with E-state index in [2.05, 4.69) is 4.98 Å². The molecule has 3 nitrogen and oxygen atoms in total. The molecule has 1 aromatic carbocycles. The number of hydrogen-bond donors (Lipinski definition) is 1. The minimum Gasteiger partial charge on any atom is -0.436 e. The van der Waals surface area contributed by atoms with Crippen molar-refractivity contribution in [3.63, 3.8) is 0 Å². The molecular formula is C14H14FNO2. The number of hydrogen-bond acceptors (Lipinski definition) is 3. The summed E-state index contributed by atoms with van der Waals surface area (Å²) in [5.41, 5.74) is 1.91. The van der Waals surface area contributed by atoms with Crippen LogP contribution in [-0.4, -0.2) is 10.1 Å². The molecule has 0 unspecified atom stereocenters. The van der Waals surface area contributed by atoms with Gasteiger partial charge in [-0.2, -0.15) is 0 Å². The fraction of sp³-hybridized carbons (Fsp3) is 0.214. The van der Waals surface area contributed by atoms with Crippen molar-refractivity contribution < 1.29 is 14.2 Å². The zero-order valence-electron chi connectivity index (χ0n) is 10.3. The maximum Gasteiger partial charge on any atom is 0.219 e. The second-order valence-electron chi connectivity index (χ2n) is 4.10. The Morgan fingerprint density at radius 3 is 2.78 bits per heavy atom. The summed E-state index contributed by atoms with van der Waals surface area (Å²) < 4.78 is 19.2. The van der Waals surface area contributed by atoms with Gasteiger partial charge in [0.2, 0.25) is 5.88 Å². The molecule has 18 heavy (non-hydrogen) atoms. The molecule has 1 aromatic heterocycles. The summed E-state index contributed by atoms with van der Waals surface area (Å²) in [6, 6.07) is 8.28. The molecule has 0 aliphatic carbocycles. The van der Waals surface area contributed by atoms with Crippen molar-refractivity contribution in [1.29, 1.82) is 0 Å². The molecule has 2 rings (SSSR count). The molecule has 0 aliphatic rings. The molecule has 0 saturated carbocycles. The molecule has 94 valence electrons. The fourth-order valence-corrected chi connectivity index (χ4v) is 1.66. The monoisotopic (exact) mass is 247 g/mol. The average molecular weight is 247 g/mol. The van der Waals surface area contributed by atoms with Gasteiger partial charge in [-0.25, -0.2) is 9.37 Å². The van der Waals surface area contributed by atoms with Crippen LogP contribution < -0.4 is 4.74 Å². The largest absolute Gasteiger partial charge is 0.436 e. The van der Waals surface area contributed by atoms with Crippen molar-refractivity contribution in [3.8, 4) is 11.6 Å². The van der Waals surface area contributed by atoms with E-state index < -0.39 is 5.82 Å². The Bertz CT molecular complexity index is 570. The lowest BCUT2D eigenvalue weighted by atomic mass is 10.2. The zero-order chi connectivity index (χ0) is 13.1. The van der Waals surface area contributed by atoms with E-state index in [1.165, 1.54) is 0 Å². The van der Waals surface area contributed by atoms with Crippen LogP contribution >= 0.6 is 0 Å². The Labute approximate surface area is 105 Å². The Hall–Kier alpha value is -1.94. The zero-order valence-corrected chi connectivity index (χ0v) is 10.3. The lowest BCUT2D eigenvalue weighted by Crippen LogP contribution is -1.96. The molecule has 4 heteroatoms. The molecule has 0 spiro atoms. The van der Waals surface area contributed by atoms with Crippen molar-refractivity contribution in [2.45, 2.75) is 20.5 Å².